The van der Waals surface area contributed by atoms with Gasteiger partial charge < -0.3 is 0 Å². The first-order valence-corrected chi connectivity index (χ1v) is 3.42. The average Bonchev–Trinajstić information content (AvgIpc) is 1.98. The van der Waals surface area contributed by atoms with Crippen LogP contribution in [0.1, 0.15) is 11.1 Å². The molecule has 0 aliphatic heterocycles. The standard InChI is InChI=1S/C10H9F/c1-3-4-9-7-8(2)5-6-10(9)11/h1,5-7H,4H2,2H3. The minimum Gasteiger partial charge on any atom is -0.207 e. The van der Waals surface area contributed by atoms with Crippen molar-refractivity contribution in [3.63, 3.8) is 0 Å². The first-order chi connectivity index (χ1) is 5.24. The third kappa shape index (κ3) is 1.81. The molecule has 0 atom stereocenters. The molecule has 1 aromatic rings. The second kappa shape index (κ2) is 3.21. The van der Waals surface area contributed by atoms with Crippen molar-refractivity contribution in [2.24, 2.45) is 0 Å². The Balaban J connectivity index is 3.05. The molecule has 0 bridgehead atoms. The summed E-state index contributed by atoms with van der Waals surface area (Å²) in [5.41, 5.74) is 1.64. The summed E-state index contributed by atoms with van der Waals surface area (Å²) in [6.45, 7) is 1.92. The summed E-state index contributed by atoms with van der Waals surface area (Å²) in [6.07, 6.45) is 5.43. The molecule has 1 rings (SSSR count). The van der Waals surface area contributed by atoms with Crippen LogP contribution in [0.4, 0.5) is 4.39 Å². The molecule has 0 amide bonds. The lowest BCUT2D eigenvalue weighted by molar-refractivity contribution is 0.615. The van der Waals surface area contributed by atoms with Crippen molar-refractivity contribution < 1.29 is 4.39 Å². The summed E-state index contributed by atoms with van der Waals surface area (Å²) in [4.78, 5) is 0. The second-order valence-corrected chi connectivity index (χ2v) is 2.48. The molecule has 0 aromatic heterocycles. The Bertz CT molecular complexity index is 294. The van der Waals surface area contributed by atoms with E-state index in [1.807, 2.05) is 6.92 Å². The Kier molecular flexibility index (Phi) is 2.28. The van der Waals surface area contributed by atoms with Gasteiger partial charge in [-0.15, -0.1) is 12.3 Å². The lowest BCUT2D eigenvalue weighted by atomic mass is 10.1. The van der Waals surface area contributed by atoms with Gasteiger partial charge in [0.2, 0.25) is 0 Å². The average molecular weight is 148 g/mol. The summed E-state index contributed by atoms with van der Waals surface area (Å²) >= 11 is 0. The van der Waals surface area contributed by atoms with Crippen LogP contribution in [0, 0.1) is 25.1 Å². The van der Waals surface area contributed by atoms with Crippen LogP contribution in [0.25, 0.3) is 0 Å². The molecule has 0 heterocycles. The van der Waals surface area contributed by atoms with E-state index in [0.29, 0.717) is 12.0 Å². The minimum absolute atomic E-state index is 0.214. The number of hydrogen-bond acceptors (Lipinski definition) is 0. The summed E-state index contributed by atoms with van der Waals surface area (Å²) in [6, 6.07) is 4.95. The van der Waals surface area contributed by atoms with Gasteiger partial charge in [-0.1, -0.05) is 17.7 Å². The largest absolute Gasteiger partial charge is 0.207 e. The van der Waals surface area contributed by atoms with Crippen LogP contribution < -0.4 is 0 Å². The van der Waals surface area contributed by atoms with Gasteiger partial charge in [-0.2, -0.15) is 0 Å². The van der Waals surface area contributed by atoms with E-state index < -0.39 is 0 Å². The molecule has 1 heteroatoms. The van der Waals surface area contributed by atoms with Gasteiger partial charge in [0, 0.05) is 6.42 Å². The number of rotatable bonds is 1. The van der Waals surface area contributed by atoms with E-state index in [1.54, 1.807) is 12.1 Å². The Hall–Kier alpha value is -1.29. The molecule has 56 valence electrons. The molecule has 0 saturated heterocycles. The van der Waals surface area contributed by atoms with E-state index in [0.717, 1.165) is 5.56 Å². The van der Waals surface area contributed by atoms with Gasteiger partial charge in [0.25, 0.3) is 0 Å². The zero-order chi connectivity index (χ0) is 8.27. The topological polar surface area (TPSA) is 0 Å². The highest BCUT2D eigenvalue weighted by atomic mass is 19.1. The molecular formula is C10H9F. The normalized spacial score (nSPS) is 9.18. The van der Waals surface area contributed by atoms with Crippen LogP contribution in [0.15, 0.2) is 18.2 Å². The maximum absolute atomic E-state index is 12.9. The van der Waals surface area contributed by atoms with Crippen LogP contribution in [-0.2, 0) is 6.42 Å². The van der Waals surface area contributed by atoms with Crippen LogP contribution in [0.2, 0.25) is 0 Å². The number of benzene rings is 1. The van der Waals surface area contributed by atoms with Crippen molar-refractivity contribution in [2.45, 2.75) is 13.3 Å². The highest BCUT2D eigenvalue weighted by molar-refractivity contribution is 5.26. The van der Waals surface area contributed by atoms with Gasteiger partial charge in [0.05, 0.1) is 0 Å². The van der Waals surface area contributed by atoms with Gasteiger partial charge in [-0.3, -0.25) is 0 Å². The first kappa shape index (κ1) is 7.81. The van der Waals surface area contributed by atoms with Gasteiger partial charge >= 0.3 is 0 Å². The smallest absolute Gasteiger partial charge is 0.127 e. The maximum atomic E-state index is 12.9. The zero-order valence-corrected chi connectivity index (χ0v) is 6.39. The lowest BCUT2D eigenvalue weighted by Gasteiger charge is -1.98. The van der Waals surface area contributed by atoms with Crippen molar-refractivity contribution in [3.8, 4) is 12.3 Å². The van der Waals surface area contributed by atoms with E-state index in [9.17, 15) is 4.39 Å². The van der Waals surface area contributed by atoms with Crippen LogP contribution >= 0.6 is 0 Å². The third-order valence-electron chi connectivity index (χ3n) is 1.49. The van der Waals surface area contributed by atoms with Gasteiger partial charge in [0.15, 0.2) is 0 Å². The van der Waals surface area contributed by atoms with E-state index in [-0.39, 0.29) is 5.82 Å². The fourth-order valence-electron chi connectivity index (χ4n) is 0.949. The molecule has 0 radical (unpaired) electrons. The van der Waals surface area contributed by atoms with Crippen molar-refractivity contribution in [2.75, 3.05) is 0 Å². The summed E-state index contributed by atoms with van der Waals surface area (Å²) in [5.74, 6) is 2.20. The fourth-order valence-corrected chi connectivity index (χ4v) is 0.949. The third-order valence-corrected chi connectivity index (χ3v) is 1.49. The molecule has 11 heavy (non-hydrogen) atoms. The van der Waals surface area contributed by atoms with E-state index in [1.165, 1.54) is 6.07 Å². The highest BCUT2D eigenvalue weighted by Crippen LogP contribution is 2.09. The molecule has 0 aliphatic carbocycles. The Morgan fingerprint density at radius 3 is 2.91 bits per heavy atom. The van der Waals surface area contributed by atoms with E-state index in [2.05, 4.69) is 5.92 Å². The second-order valence-electron chi connectivity index (χ2n) is 2.48. The van der Waals surface area contributed by atoms with Crippen molar-refractivity contribution in [3.05, 3.63) is 35.1 Å². The van der Waals surface area contributed by atoms with Gasteiger partial charge in [-0.25, -0.2) is 4.39 Å². The summed E-state index contributed by atoms with van der Waals surface area (Å²) in [7, 11) is 0. The van der Waals surface area contributed by atoms with Gasteiger partial charge in [0.1, 0.15) is 5.82 Å². The summed E-state index contributed by atoms with van der Waals surface area (Å²) in [5, 5.41) is 0. The van der Waals surface area contributed by atoms with Crippen LogP contribution in [0.5, 0.6) is 0 Å². The Morgan fingerprint density at radius 2 is 2.27 bits per heavy atom. The van der Waals surface area contributed by atoms with E-state index >= 15 is 0 Å². The number of terminal acetylenes is 1. The van der Waals surface area contributed by atoms with Crippen LogP contribution in [-0.4, -0.2) is 0 Å². The molecule has 0 spiro atoms. The first-order valence-electron chi connectivity index (χ1n) is 3.42. The molecule has 0 unspecified atom stereocenters. The molecule has 0 saturated carbocycles. The monoisotopic (exact) mass is 148 g/mol. The molecular weight excluding hydrogens is 139 g/mol. The molecule has 1 aromatic carbocycles. The molecule has 0 fully saturated rings. The predicted octanol–water partition coefficient (Wildman–Crippen LogP) is 2.31. The Labute approximate surface area is 66.1 Å². The highest BCUT2D eigenvalue weighted by Gasteiger charge is 1.98. The fraction of sp³-hybridized carbons (Fsp3) is 0.200. The predicted molar refractivity (Wildman–Crippen MR) is 43.7 cm³/mol. The molecule has 0 N–H and O–H groups in total. The maximum Gasteiger partial charge on any atom is 0.127 e. The summed E-state index contributed by atoms with van der Waals surface area (Å²) < 4.78 is 12.9. The Morgan fingerprint density at radius 1 is 1.55 bits per heavy atom. The number of aryl methyl sites for hydroxylation is 1. The zero-order valence-electron chi connectivity index (χ0n) is 6.39. The minimum atomic E-state index is -0.214. The van der Waals surface area contributed by atoms with Gasteiger partial charge in [-0.05, 0) is 18.6 Å². The van der Waals surface area contributed by atoms with Crippen molar-refractivity contribution >= 4 is 0 Å². The van der Waals surface area contributed by atoms with Crippen molar-refractivity contribution in [1.29, 1.82) is 0 Å². The van der Waals surface area contributed by atoms with Crippen molar-refractivity contribution in [1.82, 2.24) is 0 Å². The number of hydrogen-bond donors (Lipinski definition) is 0. The van der Waals surface area contributed by atoms with Crippen LogP contribution in [0.3, 0.4) is 0 Å². The quantitative estimate of drug-likeness (QED) is 0.536. The van der Waals surface area contributed by atoms with E-state index in [4.69, 9.17) is 6.42 Å². The SMILES string of the molecule is C#CCc1cc(C)ccc1F. The molecule has 0 nitrogen and oxygen atoms in total. The lowest BCUT2D eigenvalue weighted by Crippen LogP contribution is -1.88. The number of halogens is 1. The molecule has 0 aliphatic rings.